The zero-order valence-corrected chi connectivity index (χ0v) is 10.3. The first-order chi connectivity index (χ1) is 9.03. The molecule has 9 nitrogen and oxygen atoms in total. The fourth-order valence-electron chi connectivity index (χ4n) is 1.41. The van der Waals surface area contributed by atoms with Crippen LogP contribution in [0.1, 0.15) is 38.5 Å². The Labute approximate surface area is 109 Å². The fraction of sp³-hybridized carbons (Fsp3) is 0.600. The maximum atomic E-state index is 10.9. The third kappa shape index (κ3) is 8.94. The van der Waals surface area contributed by atoms with Crippen molar-refractivity contribution in [3.63, 3.8) is 0 Å². The van der Waals surface area contributed by atoms with Gasteiger partial charge in [-0.1, -0.05) is 0 Å². The summed E-state index contributed by atoms with van der Waals surface area (Å²) in [5.41, 5.74) is 4.44. The number of rotatable bonds is 9. The van der Waals surface area contributed by atoms with Crippen LogP contribution in [0, 0.1) is 5.92 Å². The van der Waals surface area contributed by atoms with Gasteiger partial charge in [0.15, 0.2) is 0 Å². The minimum Gasteiger partial charge on any atom is -0.289 e. The van der Waals surface area contributed by atoms with E-state index >= 15 is 0 Å². The van der Waals surface area contributed by atoms with E-state index in [0.29, 0.717) is 19.3 Å². The molecule has 109 valence electrons. The van der Waals surface area contributed by atoms with Crippen LogP contribution < -0.4 is 16.4 Å². The molecule has 0 aliphatic carbocycles. The fourth-order valence-corrected chi connectivity index (χ4v) is 1.41. The first-order valence-corrected chi connectivity index (χ1v) is 5.65. The average Bonchev–Trinajstić information content (AvgIpc) is 2.44. The first kappa shape index (κ1) is 17.3. The molecule has 6 N–H and O–H groups in total. The Morgan fingerprint density at radius 2 is 0.842 bits per heavy atom. The largest absolute Gasteiger partial charge is 0.289 e. The molecule has 0 unspecified atom stereocenters. The normalized spacial score (nSPS) is 10.1. The van der Waals surface area contributed by atoms with E-state index in [1.807, 2.05) is 0 Å². The minimum absolute atomic E-state index is 0.0212. The molecule has 0 aromatic heterocycles. The molecule has 0 rings (SSSR count). The summed E-state index contributed by atoms with van der Waals surface area (Å²) in [4.78, 5) is 32.7. The number of hydrogen-bond acceptors (Lipinski definition) is 6. The van der Waals surface area contributed by atoms with Crippen LogP contribution in [-0.4, -0.2) is 33.3 Å². The van der Waals surface area contributed by atoms with Crippen molar-refractivity contribution in [3.8, 4) is 0 Å². The predicted octanol–water partition coefficient (Wildman–Crippen LogP) is -0.582. The van der Waals surface area contributed by atoms with Gasteiger partial charge in [0.2, 0.25) is 17.7 Å². The van der Waals surface area contributed by atoms with Gasteiger partial charge in [0.25, 0.3) is 0 Å². The highest BCUT2D eigenvalue weighted by atomic mass is 16.5. The van der Waals surface area contributed by atoms with Gasteiger partial charge in [0.05, 0.1) is 0 Å². The van der Waals surface area contributed by atoms with E-state index in [0.717, 1.165) is 5.92 Å². The molecule has 0 aliphatic rings. The summed E-state index contributed by atoms with van der Waals surface area (Å²) >= 11 is 0. The van der Waals surface area contributed by atoms with Crippen molar-refractivity contribution in [2.75, 3.05) is 0 Å². The van der Waals surface area contributed by atoms with Gasteiger partial charge in [-0.15, -0.1) is 0 Å². The second kappa shape index (κ2) is 10.2. The molecular formula is C10H18N3O6. The molecule has 0 atom stereocenters. The van der Waals surface area contributed by atoms with E-state index < -0.39 is 17.7 Å². The lowest BCUT2D eigenvalue weighted by Gasteiger charge is -2.14. The third-order valence-electron chi connectivity index (χ3n) is 2.49. The van der Waals surface area contributed by atoms with Gasteiger partial charge < -0.3 is 0 Å². The zero-order valence-electron chi connectivity index (χ0n) is 10.3. The van der Waals surface area contributed by atoms with Crippen molar-refractivity contribution >= 4 is 17.7 Å². The minimum atomic E-state index is -0.573. The molecule has 0 aromatic rings. The van der Waals surface area contributed by atoms with E-state index in [-0.39, 0.29) is 19.3 Å². The van der Waals surface area contributed by atoms with Crippen molar-refractivity contribution in [1.29, 1.82) is 0 Å². The molecule has 0 saturated heterocycles. The van der Waals surface area contributed by atoms with Gasteiger partial charge in [0.1, 0.15) is 0 Å². The summed E-state index contributed by atoms with van der Waals surface area (Å²) in [5, 5.41) is 25.1. The SMILES string of the molecule is O=C(CC[C](CCC(=O)NO)CCC(=O)NO)NO. The highest BCUT2D eigenvalue weighted by Gasteiger charge is 2.15. The van der Waals surface area contributed by atoms with Gasteiger partial charge in [-0.3, -0.25) is 30.0 Å². The molecule has 0 bridgehead atoms. The van der Waals surface area contributed by atoms with Crippen molar-refractivity contribution in [2.24, 2.45) is 0 Å². The predicted molar refractivity (Wildman–Crippen MR) is 60.7 cm³/mol. The Balaban J connectivity index is 4.16. The van der Waals surface area contributed by atoms with Crippen molar-refractivity contribution in [1.82, 2.24) is 16.4 Å². The highest BCUT2D eigenvalue weighted by Crippen LogP contribution is 2.22. The van der Waals surface area contributed by atoms with E-state index in [1.54, 1.807) is 0 Å². The summed E-state index contributed by atoms with van der Waals surface area (Å²) < 4.78 is 0. The van der Waals surface area contributed by atoms with Crippen LogP contribution in [0.4, 0.5) is 0 Å². The summed E-state index contributed by atoms with van der Waals surface area (Å²) in [7, 11) is 0. The summed E-state index contributed by atoms with van der Waals surface area (Å²) in [5.74, 6) is -0.974. The number of carbonyl (C=O) groups excluding carboxylic acids is 3. The zero-order chi connectivity index (χ0) is 14.7. The van der Waals surface area contributed by atoms with E-state index in [1.165, 1.54) is 16.4 Å². The number of carbonyl (C=O) groups is 3. The van der Waals surface area contributed by atoms with E-state index in [4.69, 9.17) is 15.6 Å². The average molecular weight is 276 g/mol. The second-order valence-electron chi connectivity index (χ2n) is 3.85. The Bertz CT molecular complexity index is 262. The lowest BCUT2D eigenvalue weighted by atomic mass is 9.92. The Kier molecular flexibility index (Phi) is 9.31. The van der Waals surface area contributed by atoms with Crippen LogP contribution in [0.5, 0.6) is 0 Å². The van der Waals surface area contributed by atoms with Crippen LogP contribution in [0.25, 0.3) is 0 Å². The molecule has 0 spiro atoms. The molecule has 19 heavy (non-hydrogen) atoms. The lowest BCUT2D eigenvalue weighted by Crippen LogP contribution is -2.22. The smallest absolute Gasteiger partial charge is 0.243 e. The van der Waals surface area contributed by atoms with Gasteiger partial charge in [0, 0.05) is 19.3 Å². The van der Waals surface area contributed by atoms with E-state index in [9.17, 15) is 14.4 Å². The molecule has 9 heteroatoms. The Morgan fingerprint density at radius 3 is 1.05 bits per heavy atom. The lowest BCUT2D eigenvalue weighted by molar-refractivity contribution is -0.129. The van der Waals surface area contributed by atoms with Crippen molar-refractivity contribution in [2.45, 2.75) is 38.5 Å². The maximum Gasteiger partial charge on any atom is 0.243 e. The van der Waals surface area contributed by atoms with Crippen LogP contribution in [0.15, 0.2) is 0 Å². The molecular weight excluding hydrogens is 258 g/mol. The van der Waals surface area contributed by atoms with Crippen LogP contribution >= 0.6 is 0 Å². The number of hydrogen-bond donors (Lipinski definition) is 6. The Morgan fingerprint density at radius 1 is 0.579 bits per heavy atom. The topological polar surface area (TPSA) is 148 Å². The molecule has 0 fully saturated rings. The monoisotopic (exact) mass is 276 g/mol. The van der Waals surface area contributed by atoms with Gasteiger partial charge in [-0.25, -0.2) is 16.4 Å². The molecule has 0 saturated carbocycles. The van der Waals surface area contributed by atoms with Gasteiger partial charge in [-0.05, 0) is 25.2 Å². The van der Waals surface area contributed by atoms with Crippen LogP contribution in [-0.2, 0) is 14.4 Å². The number of amides is 3. The van der Waals surface area contributed by atoms with Crippen molar-refractivity contribution in [3.05, 3.63) is 5.92 Å². The number of nitrogens with one attached hydrogen (secondary N) is 3. The second-order valence-corrected chi connectivity index (χ2v) is 3.85. The molecule has 0 aromatic carbocycles. The number of hydroxylamine groups is 3. The van der Waals surface area contributed by atoms with Crippen molar-refractivity contribution < 1.29 is 30.0 Å². The highest BCUT2D eigenvalue weighted by molar-refractivity contribution is 5.76. The third-order valence-corrected chi connectivity index (χ3v) is 2.49. The summed E-state index contributed by atoms with van der Waals surface area (Å²) in [6.45, 7) is 0. The van der Waals surface area contributed by atoms with Crippen LogP contribution in [0.2, 0.25) is 0 Å². The Hall–Kier alpha value is -1.71. The van der Waals surface area contributed by atoms with Gasteiger partial charge in [-0.2, -0.15) is 0 Å². The summed E-state index contributed by atoms with van der Waals surface area (Å²) in [6, 6.07) is 0. The van der Waals surface area contributed by atoms with Crippen LogP contribution in [0.3, 0.4) is 0 Å². The van der Waals surface area contributed by atoms with E-state index in [2.05, 4.69) is 0 Å². The maximum absolute atomic E-state index is 10.9. The molecule has 0 heterocycles. The van der Waals surface area contributed by atoms with Gasteiger partial charge >= 0.3 is 0 Å². The molecule has 3 amide bonds. The first-order valence-electron chi connectivity index (χ1n) is 5.65. The quantitative estimate of drug-likeness (QED) is 0.245. The molecule has 0 aliphatic heterocycles. The summed E-state index contributed by atoms with van der Waals surface area (Å²) in [6.07, 6.45) is 0.950. The molecule has 1 radical (unpaired) electrons. The standard InChI is InChI=1S/C10H18N3O6/c14-8(11-17)4-1-7(2-5-9(15)12-18)3-6-10(16)13-19/h17-19H,1-6H2,(H,11,14)(H,12,15)(H,13,16).